The SMILES string of the molecule is Cc1c(C=Nc2sc3c(c2C(=O)Nc2ccccc2)CCCCCC3)c2ccccc2n1Cc1ccc(Cl)c(Cl)c1. The van der Waals surface area contributed by atoms with Crippen molar-refractivity contribution in [3.8, 4) is 0 Å². The number of hydrogen-bond acceptors (Lipinski definition) is 3. The van der Waals surface area contributed by atoms with Crippen molar-refractivity contribution >= 4 is 68.3 Å². The van der Waals surface area contributed by atoms with Crippen LogP contribution in [0.3, 0.4) is 0 Å². The molecule has 4 nitrogen and oxygen atoms in total. The van der Waals surface area contributed by atoms with E-state index in [-0.39, 0.29) is 5.91 Å². The molecular weight excluding hydrogens is 569 g/mol. The van der Waals surface area contributed by atoms with E-state index >= 15 is 0 Å². The van der Waals surface area contributed by atoms with Gasteiger partial charge in [-0.15, -0.1) is 11.3 Å². The van der Waals surface area contributed by atoms with Gasteiger partial charge in [0.15, 0.2) is 0 Å². The molecule has 2 aromatic heterocycles. The van der Waals surface area contributed by atoms with E-state index in [0.29, 0.717) is 16.6 Å². The van der Waals surface area contributed by atoms with Crippen LogP contribution in [0.1, 0.15) is 63.3 Å². The number of aryl methyl sites for hydroxylation is 1. The Bertz CT molecular complexity index is 1750. The molecule has 1 N–H and O–H groups in total. The molecule has 0 fully saturated rings. The normalized spacial score (nSPS) is 13.7. The highest BCUT2D eigenvalue weighted by Gasteiger charge is 2.24. The second-order valence-corrected chi connectivity index (χ2v) is 12.4. The minimum Gasteiger partial charge on any atom is -0.340 e. The number of thiophene rings is 1. The maximum absolute atomic E-state index is 13.7. The molecule has 2 heterocycles. The van der Waals surface area contributed by atoms with Crippen LogP contribution < -0.4 is 5.32 Å². The summed E-state index contributed by atoms with van der Waals surface area (Å²) in [6.07, 6.45) is 8.55. The van der Waals surface area contributed by atoms with Crippen LogP contribution >= 0.6 is 34.5 Å². The second kappa shape index (κ2) is 12.2. The summed E-state index contributed by atoms with van der Waals surface area (Å²) < 4.78 is 2.28. The number of halogens is 2. The van der Waals surface area contributed by atoms with Gasteiger partial charge in [-0.05, 0) is 74.1 Å². The van der Waals surface area contributed by atoms with Crippen molar-refractivity contribution in [1.29, 1.82) is 0 Å². The lowest BCUT2D eigenvalue weighted by Crippen LogP contribution is -2.14. The predicted octanol–water partition coefficient (Wildman–Crippen LogP) is 10.0. The molecule has 1 amide bonds. The van der Waals surface area contributed by atoms with Crippen molar-refractivity contribution < 1.29 is 4.79 Å². The zero-order valence-corrected chi connectivity index (χ0v) is 25.3. The lowest BCUT2D eigenvalue weighted by Gasteiger charge is -2.12. The first-order chi connectivity index (χ1) is 20.0. The second-order valence-electron chi connectivity index (χ2n) is 10.5. The van der Waals surface area contributed by atoms with Crippen LogP contribution in [0.15, 0.2) is 77.8 Å². The number of carbonyl (C=O) groups excluding carboxylic acids is 1. The summed E-state index contributed by atoms with van der Waals surface area (Å²) in [5.41, 5.74) is 7.04. The number of carbonyl (C=O) groups is 1. The summed E-state index contributed by atoms with van der Waals surface area (Å²) in [5.74, 6) is -0.0832. The number of aromatic nitrogens is 1. The van der Waals surface area contributed by atoms with Gasteiger partial charge in [-0.3, -0.25) is 4.79 Å². The lowest BCUT2D eigenvalue weighted by molar-refractivity contribution is 0.102. The minimum absolute atomic E-state index is 0.0832. The van der Waals surface area contributed by atoms with Gasteiger partial charge in [-0.2, -0.15) is 0 Å². The van der Waals surface area contributed by atoms with Gasteiger partial charge in [0.2, 0.25) is 0 Å². The fourth-order valence-corrected chi connectivity index (χ4v) is 7.26. The van der Waals surface area contributed by atoms with Crippen LogP contribution in [-0.2, 0) is 19.4 Å². The number of hydrogen-bond donors (Lipinski definition) is 1. The topological polar surface area (TPSA) is 46.4 Å². The van der Waals surface area contributed by atoms with Crippen LogP contribution in [0.25, 0.3) is 10.9 Å². The molecule has 0 saturated carbocycles. The molecule has 1 aliphatic carbocycles. The Hall–Kier alpha value is -3.38. The van der Waals surface area contributed by atoms with Crippen molar-refractivity contribution in [1.82, 2.24) is 4.57 Å². The first-order valence-corrected chi connectivity index (χ1v) is 15.6. The Morgan fingerprint density at radius 2 is 1.71 bits per heavy atom. The summed E-state index contributed by atoms with van der Waals surface area (Å²) in [7, 11) is 0. The van der Waals surface area contributed by atoms with Gasteiger partial charge in [0.05, 0.1) is 15.6 Å². The van der Waals surface area contributed by atoms with Crippen LogP contribution in [0.4, 0.5) is 10.7 Å². The van der Waals surface area contributed by atoms with Gasteiger partial charge in [0.1, 0.15) is 5.00 Å². The van der Waals surface area contributed by atoms with Gasteiger partial charge in [-0.1, -0.05) is 78.5 Å². The number of nitrogens with one attached hydrogen (secondary N) is 1. The average molecular weight is 601 g/mol. The van der Waals surface area contributed by atoms with Gasteiger partial charge >= 0.3 is 0 Å². The zero-order chi connectivity index (χ0) is 28.3. The van der Waals surface area contributed by atoms with E-state index in [1.807, 2.05) is 54.7 Å². The van der Waals surface area contributed by atoms with E-state index in [9.17, 15) is 4.79 Å². The van der Waals surface area contributed by atoms with E-state index < -0.39 is 0 Å². The van der Waals surface area contributed by atoms with Crippen LogP contribution in [0.5, 0.6) is 0 Å². The molecule has 5 aromatic rings. The Labute approximate surface area is 254 Å². The van der Waals surface area contributed by atoms with Crippen molar-refractivity contribution in [3.05, 3.63) is 116 Å². The van der Waals surface area contributed by atoms with E-state index in [0.717, 1.165) is 69.7 Å². The third kappa shape index (κ3) is 5.85. The number of amides is 1. The summed E-state index contributed by atoms with van der Waals surface area (Å²) in [6.45, 7) is 2.78. The Morgan fingerprint density at radius 1 is 0.951 bits per heavy atom. The molecule has 3 aromatic carbocycles. The zero-order valence-electron chi connectivity index (χ0n) is 22.9. The number of nitrogens with zero attached hydrogens (tertiary/aromatic N) is 2. The molecule has 0 radical (unpaired) electrons. The van der Waals surface area contributed by atoms with Crippen LogP contribution in [-0.4, -0.2) is 16.7 Å². The van der Waals surface area contributed by atoms with Crippen molar-refractivity contribution in [2.24, 2.45) is 4.99 Å². The highest BCUT2D eigenvalue weighted by atomic mass is 35.5. The van der Waals surface area contributed by atoms with E-state index in [1.165, 1.54) is 23.3 Å². The molecule has 208 valence electrons. The quantitative estimate of drug-likeness (QED) is 0.194. The standard InChI is InChI=1S/C34H31Cl2N3OS/c1-22-27(25-13-9-10-15-30(25)39(22)21-23-17-18-28(35)29(36)19-23)20-37-34-32(33(40)38-24-11-5-4-6-12-24)26-14-7-2-3-8-16-31(26)41-34/h4-6,9-13,15,17-20H,2-3,7-8,14,16,21H2,1H3,(H,38,40). The lowest BCUT2D eigenvalue weighted by atomic mass is 9.96. The molecule has 6 rings (SSSR count). The summed E-state index contributed by atoms with van der Waals surface area (Å²) >= 11 is 14.2. The van der Waals surface area contributed by atoms with Crippen LogP contribution in [0.2, 0.25) is 10.0 Å². The molecule has 0 unspecified atom stereocenters. The van der Waals surface area contributed by atoms with E-state index in [2.05, 4.69) is 41.1 Å². The van der Waals surface area contributed by atoms with Gasteiger partial charge < -0.3 is 9.88 Å². The largest absolute Gasteiger partial charge is 0.340 e. The van der Waals surface area contributed by atoms with Gasteiger partial charge in [0, 0.05) is 45.5 Å². The van der Waals surface area contributed by atoms with E-state index in [4.69, 9.17) is 28.2 Å². The van der Waals surface area contributed by atoms with Crippen molar-refractivity contribution in [2.75, 3.05) is 5.32 Å². The highest BCUT2D eigenvalue weighted by Crippen LogP contribution is 2.40. The first kappa shape index (κ1) is 27.8. The predicted molar refractivity (Wildman–Crippen MR) is 174 cm³/mol. The summed E-state index contributed by atoms with van der Waals surface area (Å²) in [4.78, 5) is 20.1. The smallest absolute Gasteiger partial charge is 0.259 e. The average Bonchev–Trinajstić information content (AvgIpc) is 3.43. The van der Waals surface area contributed by atoms with Crippen molar-refractivity contribution in [2.45, 2.75) is 52.0 Å². The number of rotatable bonds is 6. The maximum atomic E-state index is 13.7. The monoisotopic (exact) mass is 599 g/mol. The Balaban J connectivity index is 1.41. The van der Waals surface area contributed by atoms with Gasteiger partial charge in [0.25, 0.3) is 5.91 Å². The summed E-state index contributed by atoms with van der Waals surface area (Å²) in [5, 5.41) is 6.13. The number of benzene rings is 3. The van der Waals surface area contributed by atoms with Gasteiger partial charge in [-0.25, -0.2) is 4.99 Å². The molecule has 0 spiro atoms. The molecule has 0 saturated heterocycles. The molecule has 0 atom stereocenters. The Morgan fingerprint density at radius 3 is 2.51 bits per heavy atom. The summed E-state index contributed by atoms with van der Waals surface area (Å²) in [6, 6.07) is 23.8. The third-order valence-electron chi connectivity index (χ3n) is 7.83. The molecular formula is C34H31Cl2N3OS. The number of fused-ring (bicyclic) bond motifs is 2. The minimum atomic E-state index is -0.0832. The fraction of sp³-hybridized carbons (Fsp3) is 0.235. The maximum Gasteiger partial charge on any atom is 0.259 e. The third-order valence-corrected chi connectivity index (χ3v) is 9.77. The molecule has 41 heavy (non-hydrogen) atoms. The number of para-hydroxylation sites is 2. The van der Waals surface area contributed by atoms with E-state index in [1.54, 1.807) is 11.3 Å². The number of anilines is 1. The van der Waals surface area contributed by atoms with Crippen LogP contribution in [0, 0.1) is 6.92 Å². The number of aliphatic imine (C=N–C) groups is 1. The molecule has 1 aliphatic rings. The first-order valence-electron chi connectivity index (χ1n) is 14.1. The highest BCUT2D eigenvalue weighted by molar-refractivity contribution is 7.16. The fourth-order valence-electron chi connectivity index (χ4n) is 5.71. The van der Waals surface area contributed by atoms with Crippen molar-refractivity contribution in [3.63, 3.8) is 0 Å². The molecule has 0 aliphatic heterocycles. The Kier molecular flexibility index (Phi) is 8.29. The molecule has 0 bridgehead atoms. The molecule has 7 heteroatoms.